The number of aliphatic imine (C=N–C) groups is 1. The highest BCUT2D eigenvalue weighted by Crippen LogP contribution is 2.41. The molecule has 2 unspecified atom stereocenters. The fraction of sp³-hybridized carbons (Fsp3) is 0.296. The summed E-state index contributed by atoms with van der Waals surface area (Å²) < 4.78 is 11.0. The van der Waals surface area contributed by atoms with Crippen molar-refractivity contribution >= 4 is 29.1 Å². The van der Waals surface area contributed by atoms with Crippen molar-refractivity contribution in [1.29, 1.82) is 0 Å². The van der Waals surface area contributed by atoms with E-state index in [-0.39, 0.29) is 17.5 Å². The zero-order valence-corrected chi connectivity index (χ0v) is 20.4. The van der Waals surface area contributed by atoms with Crippen molar-refractivity contribution < 1.29 is 18.8 Å². The predicted molar refractivity (Wildman–Crippen MR) is 134 cm³/mol. The van der Waals surface area contributed by atoms with E-state index >= 15 is 0 Å². The maximum Gasteiger partial charge on any atom is 0.228 e. The Morgan fingerprint density at radius 3 is 2.54 bits per heavy atom. The van der Waals surface area contributed by atoms with Crippen LogP contribution in [0.2, 0.25) is 0 Å². The summed E-state index contributed by atoms with van der Waals surface area (Å²) in [7, 11) is 1.57. The Bertz CT molecular complexity index is 1320. The number of hydrogen-bond acceptors (Lipinski definition) is 7. The van der Waals surface area contributed by atoms with Gasteiger partial charge in [-0.2, -0.15) is 0 Å². The van der Waals surface area contributed by atoms with E-state index in [9.17, 15) is 9.59 Å². The normalized spacial score (nSPS) is 14.2. The first-order valence-electron chi connectivity index (χ1n) is 11.5. The SMILES string of the molecule is CCC(C(=O)NC(C)C1=Nc2cc(OC)c(-c3c(C)noc3C)cc2C(=C=O)N1)c1ccccc1. The number of carbonyl (C=O) groups excluding carboxylic acids is 2. The topological polar surface area (TPSA) is 106 Å². The molecule has 35 heavy (non-hydrogen) atoms. The summed E-state index contributed by atoms with van der Waals surface area (Å²) in [6.07, 6.45) is 0.659. The average molecular weight is 473 g/mol. The van der Waals surface area contributed by atoms with E-state index in [0.29, 0.717) is 40.7 Å². The molecule has 0 spiro atoms. The van der Waals surface area contributed by atoms with Crippen LogP contribution in [0.5, 0.6) is 5.75 Å². The second-order valence-corrected chi connectivity index (χ2v) is 8.47. The standard InChI is InChI=1S/C27H28N4O4/c1-6-19(18-10-8-7-9-11-18)27(33)28-16(3)26-29-22-13-24(34-5)21(12-20(22)23(14-32)30-26)25-15(2)31-35-17(25)4/h7-13,16,19H,6H2,1-5H3,(H,28,33)(H,29,30). The van der Waals surface area contributed by atoms with Gasteiger partial charge in [0.15, 0.2) is 5.94 Å². The van der Waals surface area contributed by atoms with Crippen molar-refractivity contribution in [3.8, 4) is 16.9 Å². The third-order valence-electron chi connectivity index (χ3n) is 6.18. The van der Waals surface area contributed by atoms with Gasteiger partial charge in [0, 0.05) is 17.2 Å². The van der Waals surface area contributed by atoms with Crippen LogP contribution in [-0.2, 0) is 9.59 Å². The highest BCUT2D eigenvalue weighted by molar-refractivity contribution is 6.08. The molecule has 0 saturated heterocycles. The van der Waals surface area contributed by atoms with E-state index in [4.69, 9.17) is 14.3 Å². The summed E-state index contributed by atoms with van der Waals surface area (Å²) in [5, 5.41) is 10.1. The Morgan fingerprint density at radius 2 is 1.94 bits per heavy atom. The van der Waals surface area contributed by atoms with Gasteiger partial charge in [-0.1, -0.05) is 42.4 Å². The van der Waals surface area contributed by atoms with Crippen LogP contribution in [0.25, 0.3) is 16.8 Å². The quantitative estimate of drug-likeness (QED) is 0.492. The van der Waals surface area contributed by atoms with E-state index in [0.717, 1.165) is 16.7 Å². The van der Waals surface area contributed by atoms with Crippen molar-refractivity contribution in [3.05, 3.63) is 65.0 Å². The largest absolute Gasteiger partial charge is 0.496 e. The lowest BCUT2D eigenvalue weighted by atomic mass is 9.95. The zero-order chi connectivity index (χ0) is 25.1. The monoisotopic (exact) mass is 472 g/mol. The van der Waals surface area contributed by atoms with Gasteiger partial charge in [-0.15, -0.1) is 0 Å². The fourth-order valence-electron chi connectivity index (χ4n) is 4.37. The van der Waals surface area contributed by atoms with Crippen molar-refractivity contribution in [2.24, 2.45) is 4.99 Å². The molecule has 4 rings (SSSR count). The molecule has 2 heterocycles. The molecule has 180 valence electrons. The lowest BCUT2D eigenvalue weighted by molar-refractivity contribution is -0.122. The summed E-state index contributed by atoms with van der Waals surface area (Å²) >= 11 is 0. The Kier molecular flexibility index (Phi) is 6.85. The number of fused-ring (bicyclic) bond motifs is 1. The Balaban J connectivity index is 1.67. The number of rotatable bonds is 7. The minimum atomic E-state index is -0.468. The zero-order valence-electron chi connectivity index (χ0n) is 20.4. The highest BCUT2D eigenvalue weighted by Gasteiger charge is 2.27. The van der Waals surface area contributed by atoms with Gasteiger partial charge in [0.25, 0.3) is 0 Å². The van der Waals surface area contributed by atoms with Crippen molar-refractivity contribution in [2.45, 2.75) is 46.1 Å². The van der Waals surface area contributed by atoms with Gasteiger partial charge in [0.1, 0.15) is 23.0 Å². The molecule has 1 aromatic heterocycles. The molecule has 1 amide bonds. The van der Waals surface area contributed by atoms with E-state index in [1.807, 2.05) is 70.0 Å². The number of amides is 1. The van der Waals surface area contributed by atoms with E-state index in [2.05, 4.69) is 15.8 Å². The number of amidine groups is 1. The number of hydrogen-bond donors (Lipinski definition) is 2. The molecule has 1 aliphatic rings. The second-order valence-electron chi connectivity index (χ2n) is 8.47. The molecular weight excluding hydrogens is 444 g/mol. The predicted octanol–water partition coefficient (Wildman–Crippen LogP) is 4.47. The summed E-state index contributed by atoms with van der Waals surface area (Å²) in [6.45, 7) is 7.47. The van der Waals surface area contributed by atoms with E-state index < -0.39 is 6.04 Å². The van der Waals surface area contributed by atoms with Crippen LogP contribution in [0.3, 0.4) is 0 Å². The van der Waals surface area contributed by atoms with Gasteiger partial charge < -0.3 is 19.9 Å². The van der Waals surface area contributed by atoms with Crippen molar-refractivity contribution in [3.63, 3.8) is 0 Å². The van der Waals surface area contributed by atoms with Crippen LogP contribution < -0.4 is 15.4 Å². The first-order chi connectivity index (χ1) is 16.9. The number of benzene rings is 2. The molecule has 1 aliphatic heterocycles. The molecule has 0 bridgehead atoms. The van der Waals surface area contributed by atoms with Crippen LogP contribution in [-0.4, -0.2) is 36.0 Å². The number of nitrogens with zero attached hydrogens (tertiary/aromatic N) is 2. The number of nitrogens with one attached hydrogen (secondary N) is 2. The lowest BCUT2D eigenvalue weighted by Crippen LogP contribution is -2.46. The Hall–Kier alpha value is -4.16. The average Bonchev–Trinajstić information content (AvgIpc) is 3.20. The van der Waals surface area contributed by atoms with Crippen LogP contribution >= 0.6 is 0 Å². The minimum absolute atomic E-state index is 0.107. The van der Waals surface area contributed by atoms with Crippen LogP contribution in [0.15, 0.2) is 52.0 Å². The molecule has 2 N–H and O–H groups in total. The summed E-state index contributed by atoms with van der Waals surface area (Å²) in [5.41, 5.74) is 4.56. The minimum Gasteiger partial charge on any atom is -0.496 e. The number of aryl methyl sites for hydroxylation is 2. The van der Waals surface area contributed by atoms with E-state index in [1.54, 1.807) is 13.2 Å². The summed E-state index contributed by atoms with van der Waals surface area (Å²) in [4.78, 5) is 29.7. The lowest BCUT2D eigenvalue weighted by Gasteiger charge is -2.26. The first-order valence-corrected chi connectivity index (χ1v) is 11.5. The van der Waals surface area contributed by atoms with Crippen molar-refractivity contribution in [2.75, 3.05) is 7.11 Å². The smallest absolute Gasteiger partial charge is 0.228 e. The van der Waals surface area contributed by atoms with Crippen LogP contribution in [0, 0.1) is 13.8 Å². The number of carbonyl (C=O) groups is 1. The molecular formula is C27H28N4O4. The van der Waals surface area contributed by atoms with Crippen LogP contribution in [0.4, 0.5) is 5.69 Å². The molecule has 2 aromatic carbocycles. The van der Waals surface area contributed by atoms with Crippen molar-refractivity contribution in [1.82, 2.24) is 15.8 Å². The molecule has 8 nitrogen and oxygen atoms in total. The molecule has 0 saturated carbocycles. The maximum absolute atomic E-state index is 13.1. The molecule has 2 atom stereocenters. The number of methoxy groups -OCH3 is 1. The fourth-order valence-corrected chi connectivity index (χ4v) is 4.37. The van der Waals surface area contributed by atoms with Gasteiger partial charge in [-0.05, 0) is 38.8 Å². The molecule has 3 aromatic rings. The molecule has 8 heteroatoms. The van der Waals surface area contributed by atoms with Crippen LogP contribution in [0.1, 0.15) is 48.8 Å². The second kappa shape index (κ2) is 9.99. The number of ether oxygens (including phenoxy) is 1. The Labute approximate surface area is 204 Å². The van der Waals surface area contributed by atoms with Gasteiger partial charge in [0.2, 0.25) is 5.91 Å². The van der Waals surface area contributed by atoms with Gasteiger partial charge >= 0.3 is 0 Å². The molecule has 0 fully saturated rings. The van der Waals surface area contributed by atoms with Gasteiger partial charge in [-0.3, -0.25) is 4.79 Å². The highest BCUT2D eigenvalue weighted by atomic mass is 16.5. The summed E-state index contributed by atoms with van der Waals surface area (Å²) in [6, 6.07) is 12.8. The number of aromatic nitrogens is 1. The first kappa shape index (κ1) is 24.0. The summed E-state index contributed by atoms with van der Waals surface area (Å²) in [5.74, 6) is 3.25. The van der Waals surface area contributed by atoms with Gasteiger partial charge in [0.05, 0.1) is 36.0 Å². The maximum atomic E-state index is 13.1. The third-order valence-corrected chi connectivity index (χ3v) is 6.18. The van der Waals surface area contributed by atoms with E-state index in [1.165, 1.54) is 0 Å². The molecule has 0 radical (unpaired) electrons. The third kappa shape index (κ3) is 4.61. The van der Waals surface area contributed by atoms with Gasteiger partial charge in [-0.25, -0.2) is 9.79 Å². The Morgan fingerprint density at radius 1 is 1.20 bits per heavy atom. The molecule has 0 aliphatic carbocycles.